The number of rotatable bonds is 2. The van der Waals surface area contributed by atoms with Gasteiger partial charge in [-0.3, -0.25) is 4.79 Å². The van der Waals surface area contributed by atoms with Gasteiger partial charge in [-0.1, -0.05) is 12.2 Å². The van der Waals surface area contributed by atoms with Crippen molar-refractivity contribution in [1.82, 2.24) is 19.5 Å². The van der Waals surface area contributed by atoms with Crippen molar-refractivity contribution in [2.45, 2.75) is 42.3 Å². The van der Waals surface area contributed by atoms with Gasteiger partial charge in [-0.25, -0.2) is 4.79 Å². The Labute approximate surface area is 264 Å². The minimum Gasteiger partial charge on any atom is -0.495 e. The Bertz CT molecular complexity index is 1580. The number of ether oxygens (including phenoxy) is 1. The number of methoxy groups -OCH3 is 1. The molecule has 9 nitrogen and oxygen atoms in total. The van der Waals surface area contributed by atoms with Crippen LogP contribution in [0, 0.1) is 5.92 Å². The number of pyridine rings is 1. The Hall–Kier alpha value is -4.00. The molecule has 6 aliphatic rings. The third-order valence-electron chi connectivity index (χ3n) is 8.69. The topological polar surface area (TPSA) is 90.3 Å². The largest absolute Gasteiger partial charge is 0.495 e. The summed E-state index contributed by atoms with van der Waals surface area (Å²) in [5.74, 6) is 0.599. The maximum Gasteiger partial charge on any atom is 0.447 e. The van der Waals surface area contributed by atoms with Crippen LogP contribution in [-0.2, 0) is 0 Å². The van der Waals surface area contributed by atoms with E-state index in [4.69, 9.17) is 4.74 Å². The van der Waals surface area contributed by atoms with Crippen molar-refractivity contribution < 1.29 is 27.5 Å². The van der Waals surface area contributed by atoms with E-state index in [-0.39, 0.29) is 34.8 Å². The van der Waals surface area contributed by atoms with Crippen LogP contribution in [-0.4, -0.2) is 84.1 Å². The lowest BCUT2D eigenvalue weighted by molar-refractivity contribution is -0.0329. The number of thioether (sulfide) groups is 1. The summed E-state index contributed by atoms with van der Waals surface area (Å²) in [6.07, 6.45) is 8.26. The molecule has 2 fully saturated rings. The molecule has 6 aliphatic heterocycles. The number of piperidine rings is 1. The molecule has 3 N–H and O–H groups in total. The first-order valence-corrected chi connectivity index (χ1v) is 16.1. The fourth-order valence-electron chi connectivity index (χ4n) is 6.35. The minimum absolute atomic E-state index is 0.0465. The molecule has 3 aromatic rings. The van der Waals surface area contributed by atoms with Crippen LogP contribution in [0.3, 0.4) is 0 Å². The molecule has 1 atom stereocenters. The molecule has 1 aromatic carbocycles. The molecule has 8 heterocycles. The first-order chi connectivity index (χ1) is 21.7. The summed E-state index contributed by atoms with van der Waals surface area (Å²) in [4.78, 5) is 30.0. The highest BCUT2D eigenvalue weighted by Gasteiger charge is 2.33. The Kier molecular flexibility index (Phi) is 9.06. The number of carbonyl (C=O) groups is 2. The van der Waals surface area contributed by atoms with Crippen molar-refractivity contribution in [3.05, 3.63) is 59.8 Å². The highest BCUT2D eigenvalue weighted by atomic mass is 32.2. The Balaban J connectivity index is 1.29. The molecule has 0 saturated carbocycles. The van der Waals surface area contributed by atoms with Gasteiger partial charge in [0.05, 0.1) is 29.0 Å². The highest BCUT2D eigenvalue weighted by molar-refractivity contribution is 8.00. The maximum atomic E-state index is 13.7. The average molecular weight is 643 g/mol. The van der Waals surface area contributed by atoms with Crippen LogP contribution in [0.5, 0.6) is 5.75 Å². The number of anilines is 2. The van der Waals surface area contributed by atoms with Crippen molar-refractivity contribution >= 4 is 46.7 Å². The van der Waals surface area contributed by atoms with E-state index >= 15 is 0 Å². The van der Waals surface area contributed by atoms with Gasteiger partial charge in [0.25, 0.3) is 5.91 Å². The summed E-state index contributed by atoms with van der Waals surface area (Å²) in [5, 5.41) is 9.85. The lowest BCUT2D eigenvalue weighted by Gasteiger charge is -2.35. The van der Waals surface area contributed by atoms with Crippen LogP contribution in [0.1, 0.15) is 41.6 Å². The van der Waals surface area contributed by atoms with Gasteiger partial charge >= 0.3 is 11.5 Å². The Morgan fingerprint density at radius 2 is 1.76 bits per heavy atom. The van der Waals surface area contributed by atoms with Crippen molar-refractivity contribution in [2.24, 2.45) is 5.92 Å². The van der Waals surface area contributed by atoms with Crippen LogP contribution in [0.4, 0.5) is 29.3 Å². The van der Waals surface area contributed by atoms with Crippen LogP contribution < -0.4 is 20.7 Å². The number of urea groups is 1. The summed E-state index contributed by atoms with van der Waals surface area (Å²) in [6, 6.07) is 10.7. The number of halogens is 3. The van der Waals surface area contributed by atoms with Crippen LogP contribution in [0.25, 0.3) is 11.6 Å². The molecule has 0 radical (unpaired) electrons. The fourth-order valence-corrected chi connectivity index (χ4v) is 7.08. The predicted molar refractivity (Wildman–Crippen MR) is 170 cm³/mol. The molecule has 240 valence electrons. The molecule has 0 unspecified atom stereocenters. The van der Waals surface area contributed by atoms with Crippen molar-refractivity contribution in [1.29, 1.82) is 0 Å². The standard InChI is InChI=1S/C32H37F3N6O3S/c1-44-28-19-22-6-7-26(28)36-12-2-4-23-18-27-25(5-3-14-41(27)30(23)45-32(33,34)35)38-24-10-16-39(17-11-24)31(43)40-15-9-21(20-40)8-13-37-29(22)42/h2-7,14,18-19,21,24,36,38H,8-13,15-17,20H2,1H3,(H,37,42)/b4-2-/t21-/m1/s1. The van der Waals surface area contributed by atoms with Gasteiger partial charge in [0.15, 0.2) is 0 Å². The zero-order chi connectivity index (χ0) is 31.6. The minimum atomic E-state index is -4.46. The van der Waals surface area contributed by atoms with E-state index in [2.05, 4.69) is 16.0 Å². The number of hydrogen-bond donors (Lipinski definition) is 3. The van der Waals surface area contributed by atoms with Crippen molar-refractivity contribution in [3.8, 4) is 5.75 Å². The van der Waals surface area contributed by atoms with E-state index in [0.29, 0.717) is 73.3 Å². The summed E-state index contributed by atoms with van der Waals surface area (Å²) >= 11 is -0.138. The number of alkyl halides is 3. The number of carbonyl (C=O) groups excluding carboxylic acids is 2. The van der Waals surface area contributed by atoms with Gasteiger partial charge in [0.1, 0.15) is 5.75 Å². The lowest BCUT2D eigenvalue weighted by Crippen LogP contribution is -2.48. The molecule has 3 amide bonds. The van der Waals surface area contributed by atoms with E-state index in [1.54, 1.807) is 53.1 Å². The smallest absolute Gasteiger partial charge is 0.447 e. The quantitative estimate of drug-likeness (QED) is 0.291. The Morgan fingerprint density at radius 1 is 0.956 bits per heavy atom. The van der Waals surface area contributed by atoms with E-state index in [9.17, 15) is 22.8 Å². The van der Waals surface area contributed by atoms with E-state index < -0.39 is 5.51 Å². The predicted octanol–water partition coefficient (Wildman–Crippen LogP) is 6.14. The van der Waals surface area contributed by atoms with Gasteiger partial charge in [-0.15, -0.1) is 0 Å². The van der Waals surface area contributed by atoms with E-state index in [0.717, 1.165) is 31.4 Å². The Morgan fingerprint density at radius 3 is 2.53 bits per heavy atom. The molecule has 0 spiro atoms. The normalized spacial score (nSPS) is 22.1. The van der Waals surface area contributed by atoms with Crippen molar-refractivity contribution in [3.63, 3.8) is 0 Å². The van der Waals surface area contributed by atoms with Gasteiger partial charge in [0.2, 0.25) is 0 Å². The number of nitrogens with one attached hydrogen (secondary N) is 3. The number of hydrogen-bond acceptors (Lipinski definition) is 6. The lowest BCUT2D eigenvalue weighted by atomic mass is 10.0. The van der Waals surface area contributed by atoms with Gasteiger partial charge in [-0.2, -0.15) is 13.2 Å². The van der Waals surface area contributed by atoms with Gasteiger partial charge in [-0.05, 0) is 68.0 Å². The highest BCUT2D eigenvalue weighted by Crippen LogP contribution is 2.41. The number of nitrogens with zero attached hydrogens (tertiary/aromatic N) is 3. The van der Waals surface area contributed by atoms with Gasteiger partial charge in [0, 0.05) is 74.4 Å². The zero-order valence-corrected chi connectivity index (χ0v) is 25.8. The summed E-state index contributed by atoms with van der Waals surface area (Å²) in [6.45, 7) is 3.43. The van der Waals surface area contributed by atoms with E-state index in [1.807, 2.05) is 15.9 Å². The van der Waals surface area contributed by atoms with E-state index in [1.165, 1.54) is 7.11 Å². The average Bonchev–Trinajstić information content (AvgIpc) is 3.63. The molecule has 2 aromatic heterocycles. The second-order valence-electron chi connectivity index (χ2n) is 11.7. The fraction of sp³-hybridized carbons (Fsp3) is 0.438. The molecule has 13 heteroatoms. The second-order valence-corrected chi connectivity index (χ2v) is 12.7. The number of benzene rings is 1. The first-order valence-electron chi connectivity index (χ1n) is 15.3. The van der Waals surface area contributed by atoms with Gasteiger partial charge < -0.3 is 34.9 Å². The number of amides is 3. The van der Waals surface area contributed by atoms with Crippen LogP contribution in [0.15, 0.2) is 53.7 Å². The summed E-state index contributed by atoms with van der Waals surface area (Å²) in [7, 11) is 1.52. The maximum absolute atomic E-state index is 13.7. The number of aromatic nitrogens is 1. The second kappa shape index (κ2) is 13.2. The molecule has 2 saturated heterocycles. The molecular formula is C32H37F3N6O3S. The zero-order valence-electron chi connectivity index (χ0n) is 25.0. The van der Waals surface area contributed by atoms with Crippen molar-refractivity contribution in [2.75, 3.05) is 57.0 Å². The first kappa shape index (κ1) is 31.0. The molecule has 9 rings (SSSR count). The molecule has 45 heavy (non-hydrogen) atoms. The molecular weight excluding hydrogens is 605 g/mol. The summed E-state index contributed by atoms with van der Waals surface area (Å²) < 4.78 is 48.1. The van der Waals surface area contributed by atoms with Crippen LogP contribution >= 0.6 is 11.8 Å². The third-order valence-corrected chi connectivity index (χ3v) is 9.55. The third kappa shape index (κ3) is 7.13. The molecule has 8 bridgehead atoms. The molecule has 0 aliphatic carbocycles. The SMILES string of the molecule is COc1cc2ccc1NC/C=C\c1cc3c(cccn3c1SC(F)(F)F)NC1CCN(CC1)C(=O)N1CC[C@@H](CCNC2=O)C1. The summed E-state index contributed by atoms with van der Waals surface area (Å²) in [5.41, 5.74) is -1.49. The van der Waals surface area contributed by atoms with Crippen LogP contribution in [0.2, 0.25) is 0 Å². The monoisotopic (exact) mass is 642 g/mol.